The molecule has 4 rings (SSSR count). The lowest BCUT2D eigenvalue weighted by molar-refractivity contribution is 0.688. The molecule has 0 aliphatic rings. The molecule has 2 aromatic heterocycles. The molecule has 0 aliphatic carbocycles. The van der Waals surface area contributed by atoms with Gasteiger partial charge in [-0.1, -0.05) is 59.8 Å². The van der Waals surface area contributed by atoms with Crippen LogP contribution >= 0.6 is 23.1 Å². The van der Waals surface area contributed by atoms with E-state index < -0.39 is 0 Å². The summed E-state index contributed by atoms with van der Waals surface area (Å²) in [6.45, 7) is 4.85. The molecule has 0 unspecified atom stereocenters. The van der Waals surface area contributed by atoms with Gasteiger partial charge in [0.25, 0.3) is 0 Å². The molecule has 1 N–H and O–H groups in total. The van der Waals surface area contributed by atoms with Gasteiger partial charge in [-0.05, 0) is 31.5 Å². The predicted octanol–water partition coefficient (Wildman–Crippen LogP) is 5.44. The van der Waals surface area contributed by atoms with E-state index in [0.717, 1.165) is 39.8 Å². The third-order valence-electron chi connectivity index (χ3n) is 4.29. The highest BCUT2D eigenvalue weighted by Gasteiger charge is 2.11. The van der Waals surface area contributed by atoms with E-state index in [4.69, 9.17) is 4.98 Å². The maximum absolute atomic E-state index is 4.69. The van der Waals surface area contributed by atoms with Crippen LogP contribution in [0.4, 0.5) is 10.8 Å². The summed E-state index contributed by atoms with van der Waals surface area (Å²) in [5.74, 6) is 1.69. The van der Waals surface area contributed by atoms with Gasteiger partial charge in [-0.15, -0.1) is 21.5 Å². The van der Waals surface area contributed by atoms with E-state index in [-0.39, 0.29) is 0 Å². The van der Waals surface area contributed by atoms with Crippen LogP contribution in [0, 0.1) is 13.8 Å². The first-order valence-corrected chi connectivity index (χ1v) is 10.9. The molecule has 0 atom stereocenters. The van der Waals surface area contributed by atoms with Gasteiger partial charge in [0.2, 0.25) is 0 Å². The second-order valence-corrected chi connectivity index (χ2v) is 8.33. The van der Waals surface area contributed by atoms with Crippen LogP contribution in [0.5, 0.6) is 0 Å². The Bertz CT molecular complexity index is 1040. The summed E-state index contributed by atoms with van der Waals surface area (Å²) in [5, 5.41) is 15.9. The first kappa shape index (κ1) is 18.7. The van der Waals surface area contributed by atoms with Crippen molar-refractivity contribution >= 4 is 33.9 Å². The van der Waals surface area contributed by atoms with Crippen molar-refractivity contribution in [3.8, 4) is 0 Å². The van der Waals surface area contributed by atoms with Crippen molar-refractivity contribution in [3.63, 3.8) is 0 Å². The summed E-state index contributed by atoms with van der Waals surface area (Å²) in [5.41, 5.74) is 4.58. The highest BCUT2D eigenvalue weighted by atomic mass is 32.2. The third kappa shape index (κ3) is 4.61. The fourth-order valence-corrected chi connectivity index (χ4v) is 4.46. The van der Waals surface area contributed by atoms with E-state index in [1.54, 1.807) is 23.1 Å². The molecule has 142 valence electrons. The summed E-state index contributed by atoms with van der Waals surface area (Å²) in [4.78, 5) is 4.69. The molecule has 0 fully saturated rings. The number of aryl methyl sites for hydroxylation is 2. The molecule has 0 bridgehead atoms. The zero-order chi connectivity index (χ0) is 19.3. The largest absolute Gasteiger partial charge is 0.332 e. The van der Waals surface area contributed by atoms with E-state index in [1.807, 2.05) is 13.0 Å². The van der Waals surface area contributed by atoms with Crippen LogP contribution < -0.4 is 5.32 Å². The number of aromatic nitrogens is 4. The minimum absolute atomic E-state index is 0.763. The van der Waals surface area contributed by atoms with Gasteiger partial charge in [-0.25, -0.2) is 4.98 Å². The van der Waals surface area contributed by atoms with E-state index in [0.29, 0.717) is 0 Å². The molecular formula is C21H21N5S2. The Morgan fingerprint density at radius 3 is 2.57 bits per heavy atom. The number of thiazole rings is 1. The van der Waals surface area contributed by atoms with Gasteiger partial charge in [0, 0.05) is 16.8 Å². The van der Waals surface area contributed by atoms with Crippen molar-refractivity contribution in [2.24, 2.45) is 0 Å². The Morgan fingerprint density at radius 2 is 1.79 bits per heavy atom. The van der Waals surface area contributed by atoms with Crippen molar-refractivity contribution in [1.82, 2.24) is 19.7 Å². The van der Waals surface area contributed by atoms with Gasteiger partial charge >= 0.3 is 0 Å². The lowest BCUT2D eigenvalue weighted by Gasteiger charge is -2.08. The zero-order valence-corrected chi connectivity index (χ0v) is 17.4. The van der Waals surface area contributed by atoms with Crippen LogP contribution in [0.15, 0.2) is 65.1 Å². The van der Waals surface area contributed by atoms with Gasteiger partial charge in [0.05, 0.1) is 12.2 Å². The van der Waals surface area contributed by atoms with Crippen LogP contribution in [0.25, 0.3) is 0 Å². The smallest absolute Gasteiger partial charge is 0.191 e. The third-order valence-corrected chi connectivity index (χ3v) is 6.10. The van der Waals surface area contributed by atoms with E-state index in [9.17, 15) is 0 Å². The Kier molecular flexibility index (Phi) is 5.73. The lowest BCUT2D eigenvalue weighted by atomic mass is 10.2. The minimum atomic E-state index is 0.763. The molecule has 28 heavy (non-hydrogen) atoms. The summed E-state index contributed by atoms with van der Waals surface area (Å²) in [7, 11) is 0. The summed E-state index contributed by atoms with van der Waals surface area (Å²) in [6, 6.07) is 18.7. The number of benzene rings is 2. The van der Waals surface area contributed by atoms with Gasteiger partial charge in [-0.2, -0.15) is 0 Å². The summed E-state index contributed by atoms with van der Waals surface area (Å²) >= 11 is 3.28. The Balaban J connectivity index is 1.40. The molecule has 0 aliphatic heterocycles. The van der Waals surface area contributed by atoms with Gasteiger partial charge in [0.1, 0.15) is 5.82 Å². The van der Waals surface area contributed by atoms with Crippen LogP contribution in [-0.2, 0) is 12.3 Å². The SMILES string of the molecule is Cc1ccc(Nc2nc(CSc3nnc(C)n3Cc3ccccc3)cs2)cc1. The van der Waals surface area contributed by atoms with Crippen molar-refractivity contribution in [2.75, 3.05) is 5.32 Å². The second kappa shape index (κ2) is 8.58. The molecule has 5 nitrogen and oxygen atoms in total. The summed E-state index contributed by atoms with van der Waals surface area (Å²) < 4.78 is 2.15. The van der Waals surface area contributed by atoms with Crippen LogP contribution in [-0.4, -0.2) is 19.7 Å². The average molecular weight is 408 g/mol. The van der Waals surface area contributed by atoms with Gasteiger partial charge in [-0.3, -0.25) is 0 Å². The average Bonchev–Trinajstić information content (AvgIpc) is 3.30. The molecule has 2 heterocycles. The van der Waals surface area contributed by atoms with Crippen LogP contribution in [0.3, 0.4) is 0 Å². The minimum Gasteiger partial charge on any atom is -0.332 e. The number of anilines is 2. The monoisotopic (exact) mass is 407 g/mol. The number of hydrogen-bond acceptors (Lipinski definition) is 6. The lowest BCUT2D eigenvalue weighted by Crippen LogP contribution is -2.03. The first-order chi connectivity index (χ1) is 13.7. The number of thioether (sulfide) groups is 1. The Labute approximate surface area is 172 Å². The normalized spacial score (nSPS) is 10.9. The fourth-order valence-electron chi connectivity index (χ4n) is 2.75. The van der Waals surface area contributed by atoms with E-state index in [2.05, 4.69) is 80.9 Å². The fraction of sp³-hybridized carbons (Fsp3) is 0.190. The van der Waals surface area contributed by atoms with E-state index >= 15 is 0 Å². The molecule has 0 saturated carbocycles. The number of nitrogens with zero attached hydrogens (tertiary/aromatic N) is 4. The topological polar surface area (TPSA) is 55.6 Å². The highest BCUT2D eigenvalue weighted by Crippen LogP contribution is 2.26. The van der Waals surface area contributed by atoms with Crippen LogP contribution in [0.2, 0.25) is 0 Å². The van der Waals surface area contributed by atoms with Crippen molar-refractivity contribution in [1.29, 1.82) is 0 Å². The number of rotatable bonds is 7. The van der Waals surface area contributed by atoms with Crippen molar-refractivity contribution in [3.05, 3.63) is 82.6 Å². The maximum Gasteiger partial charge on any atom is 0.191 e. The van der Waals surface area contributed by atoms with Crippen LogP contribution in [0.1, 0.15) is 22.6 Å². The Morgan fingerprint density at radius 1 is 1.00 bits per heavy atom. The molecule has 7 heteroatoms. The Hall–Kier alpha value is -2.64. The van der Waals surface area contributed by atoms with Crippen molar-refractivity contribution < 1.29 is 0 Å². The first-order valence-electron chi connectivity index (χ1n) is 9.02. The zero-order valence-electron chi connectivity index (χ0n) is 15.8. The highest BCUT2D eigenvalue weighted by molar-refractivity contribution is 7.98. The molecule has 0 amide bonds. The van der Waals surface area contributed by atoms with Gasteiger partial charge < -0.3 is 9.88 Å². The summed E-state index contributed by atoms with van der Waals surface area (Å²) in [6.07, 6.45) is 0. The second-order valence-electron chi connectivity index (χ2n) is 6.53. The maximum atomic E-state index is 4.69. The molecule has 0 spiro atoms. The van der Waals surface area contributed by atoms with E-state index in [1.165, 1.54) is 11.1 Å². The molecule has 0 saturated heterocycles. The predicted molar refractivity (Wildman–Crippen MR) is 116 cm³/mol. The molecule has 2 aromatic carbocycles. The van der Waals surface area contributed by atoms with Gasteiger partial charge in [0.15, 0.2) is 10.3 Å². The quantitative estimate of drug-likeness (QED) is 0.414. The number of hydrogen-bond donors (Lipinski definition) is 1. The van der Waals surface area contributed by atoms with Crippen molar-refractivity contribution in [2.45, 2.75) is 31.3 Å². The molecule has 0 radical (unpaired) electrons. The molecular weight excluding hydrogens is 386 g/mol. The number of nitrogens with one attached hydrogen (secondary N) is 1. The standard InChI is InChI=1S/C21H21N5S2/c1-15-8-10-18(11-9-15)22-20-23-19(13-27-20)14-28-21-25-24-16(2)26(21)12-17-6-4-3-5-7-17/h3-11,13H,12,14H2,1-2H3,(H,22,23). The molecule has 4 aromatic rings.